The molecule has 0 aliphatic carbocycles. The van der Waals surface area contributed by atoms with E-state index in [1.54, 1.807) is 50.4 Å². The molecule has 39 heteroatoms. The molecule has 4 atom stereocenters. The molecule has 11 heterocycles. The summed E-state index contributed by atoms with van der Waals surface area (Å²) in [4.78, 5) is 72.0. The van der Waals surface area contributed by atoms with E-state index in [-0.39, 0.29) is 110 Å². The van der Waals surface area contributed by atoms with Crippen LogP contribution in [-0.2, 0) is 49.2 Å². The predicted molar refractivity (Wildman–Crippen MR) is 470 cm³/mol. The minimum absolute atomic E-state index is 0.0260. The fourth-order valence-corrected chi connectivity index (χ4v) is 18.9. The number of anilines is 5. The maximum atomic E-state index is 14.5. The smallest absolute Gasteiger partial charge is 0.393 e. The summed E-state index contributed by atoms with van der Waals surface area (Å²) >= 11 is 0. The van der Waals surface area contributed by atoms with Crippen LogP contribution in [0, 0.1) is 42.2 Å². The molecule has 6 aromatic heterocycles. The summed E-state index contributed by atoms with van der Waals surface area (Å²) in [5.74, 6) is -3.12. The number of hydrogen-bond donors (Lipinski definition) is 5. The number of aryl methyl sites for hydroxylation is 1. The van der Waals surface area contributed by atoms with Gasteiger partial charge in [0.2, 0.25) is 5.88 Å². The number of carbonyl (C=O) groups is 3. The molecule has 127 heavy (non-hydrogen) atoms. The number of pyridine rings is 6. The van der Waals surface area contributed by atoms with E-state index in [1.165, 1.54) is 82.0 Å². The van der Waals surface area contributed by atoms with E-state index in [2.05, 4.69) is 68.9 Å². The molecule has 2 bridgehead atoms. The van der Waals surface area contributed by atoms with Gasteiger partial charge in [-0.15, -0.1) is 0 Å². The lowest BCUT2D eigenvalue weighted by Gasteiger charge is -2.34. The minimum atomic E-state index is -4.51. The summed E-state index contributed by atoms with van der Waals surface area (Å²) in [6, 6.07) is 27.1. The van der Waals surface area contributed by atoms with Crippen molar-refractivity contribution in [3.63, 3.8) is 0 Å². The van der Waals surface area contributed by atoms with Crippen LogP contribution in [0.3, 0.4) is 0 Å². The van der Waals surface area contributed by atoms with Gasteiger partial charge in [0.05, 0.1) is 111 Å². The van der Waals surface area contributed by atoms with Gasteiger partial charge in [-0.2, -0.15) is 42.7 Å². The maximum absolute atomic E-state index is 14.5. The number of alkyl halides is 3. The van der Waals surface area contributed by atoms with E-state index in [0.717, 1.165) is 36.5 Å². The van der Waals surface area contributed by atoms with Crippen molar-refractivity contribution < 1.29 is 94.7 Å². The normalized spacial score (nSPS) is 18.4. The fraction of sp³-hybridized carbons (Fsp3) is 0.489. The molecule has 3 unspecified atom stereocenters. The zero-order valence-corrected chi connectivity index (χ0v) is 76.0. The molecule has 5 aliphatic heterocycles. The summed E-state index contributed by atoms with van der Waals surface area (Å²) in [5, 5.41) is -0.867. The minimum Gasteiger partial charge on any atom is -0.493 e. The lowest BCUT2D eigenvalue weighted by atomic mass is 9.96. The lowest BCUT2D eigenvalue weighted by molar-refractivity contribution is -0.169. The van der Waals surface area contributed by atoms with E-state index in [1.807, 2.05) is 64.2 Å². The third-order valence-electron chi connectivity index (χ3n) is 21.7. The molecule has 5 aliphatic rings. The SMILES string of the molecule is CC(C)COc1cc(F)cc(-c2ccc(C(=O)NS(=O)(=O)N3CC4CC3CO4)c(N3CCCC3(C)C)n2)c1.CC(C)COc1cc(F)cc(-c2ccc(C(=O)NS(=O)(=O)c3cccc(N)n3)c(N3CC(C(F)(F)F)CC3(C)C)n2)c1.Cc1cc(-c2ccc(C(=O)NS(=O)(=O)c3cccc(N)n3)c(N3C[C@@H](C)CC3(C)C)n2)cnc1OCCOCCOCCOC(C)C. The Balaban J connectivity index is 0.000000186. The van der Waals surface area contributed by atoms with Crippen molar-refractivity contribution in [1.29, 1.82) is 0 Å². The topological polar surface area (TPSA) is 397 Å². The summed E-state index contributed by atoms with van der Waals surface area (Å²) in [7, 11) is -12.8. The Morgan fingerprint density at radius 2 is 1.03 bits per heavy atom. The quantitative estimate of drug-likeness (QED) is 0.0193. The molecule has 0 radical (unpaired) electrons. The second kappa shape index (κ2) is 40.4. The summed E-state index contributed by atoms with van der Waals surface area (Å²) in [5.41, 5.74) is 13.0. The molecule has 5 saturated heterocycles. The van der Waals surface area contributed by atoms with Crippen molar-refractivity contribution in [3.05, 3.63) is 155 Å². The number of hydrogen-bond acceptors (Lipinski definition) is 27. The van der Waals surface area contributed by atoms with Gasteiger partial charge >= 0.3 is 16.4 Å². The Hall–Kier alpha value is -10.6. The molecule has 3 amide bonds. The number of amides is 3. The highest BCUT2D eigenvalue weighted by atomic mass is 32.2. The Morgan fingerprint density at radius 1 is 0.559 bits per heavy atom. The Labute approximate surface area is 738 Å². The van der Waals surface area contributed by atoms with E-state index in [9.17, 15) is 61.6 Å². The number of benzene rings is 2. The number of halogens is 5. The second-order valence-corrected chi connectivity index (χ2v) is 39.9. The Bertz CT molecular complexity index is 5640. The van der Waals surface area contributed by atoms with Crippen LogP contribution in [0.5, 0.6) is 17.4 Å². The van der Waals surface area contributed by atoms with Gasteiger partial charge in [0, 0.05) is 83.4 Å². The highest BCUT2D eigenvalue weighted by molar-refractivity contribution is 7.90. The number of aromatic nitrogens is 6. The molecule has 688 valence electrons. The number of nitrogens with two attached hydrogens (primary N) is 2. The largest absolute Gasteiger partial charge is 0.493 e. The van der Waals surface area contributed by atoms with Gasteiger partial charge in [-0.3, -0.25) is 14.4 Å². The molecular formula is C88H112F5N15O16S3. The zero-order valence-electron chi connectivity index (χ0n) is 73.6. The van der Waals surface area contributed by atoms with Crippen molar-refractivity contribution in [3.8, 4) is 51.2 Å². The van der Waals surface area contributed by atoms with Gasteiger partial charge < -0.3 is 59.3 Å². The van der Waals surface area contributed by atoms with Crippen LogP contribution in [0.2, 0.25) is 0 Å². The van der Waals surface area contributed by atoms with Gasteiger partial charge in [0.15, 0.2) is 10.1 Å². The van der Waals surface area contributed by atoms with E-state index >= 15 is 0 Å². The van der Waals surface area contributed by atoms with E-state index in [4.69, 9.17) is 54.6 Å². The standard InChI is InChI=1S/C33H46N6O7S.C28H31F4N5O4S.C27H35FN4O5S/c1-22(2)45-16-14-43-12-13-44-15-17-46-32-24(4)18-25(20-35-32)27-11-10-26(30(36-27)39-21-23(3)19-33(39,5)6)31(40)38-47(41,42)29-9-7-8-28(34)37-29;1-16(2)15-41-20-11-17(10-19(29)12-20)22-9-8-21(26(38)36-42(39,40)24-7-5-6-23(33)35-24)25(34-22)37-14-18(28(30,31)32)13-27(37,3)4;1-17(2)15-36-21-11-18(10-19(28)12-21)24-7-6-23(25(29-24)31-9-5-8-27(31,3)4)26(33)30-38(34,35)32-14-22-13-20(32)16-37-22/h7-11,18,20,22-23H,12-17,19,21H2,1-6H3,(H2,34,37)(H,38,40);5-12,16,18H,13-15H2,1-4H3,(H2,33,35)(H,36,38);6-7,10-12,17,20,22H,5,8-9,13-16H2,1-4H3,(H,30,33)/t23-;;/m0../s1. The average Bonchev–Trinajstić information content (AvgIpc) is 1.12. The van der Waals surface area contributed by atoms with E-state index in [0.29, 0.717) is 125 Å². The first-order valence-electron chi connectivity index (χ1n) is 41.9. The number of carbonyl (C=O) groups excluding carboxylic acids is 3. The molecule has 5 fully saturated rings. The molecule has 31 nitrogen and oxygen atoms in total. The van der Waals surface area contributed by atoms with Gasteiger partial charge in [-0.1, -0.05) is 46.8 Å². The summed E-state index contributed by atoms with van der Waals surface area (Å²) in [6.45, 7) is 32.1. The Morgan fingerprint density at radius 3 is 1.46 bits per heavy atom. The van der Waals surface area contributed by atoms with Crippen LogP contribution in [0.1, 0.15) is 159 Å². The molecule has 0 saturated carbocycles. The van der Waals surface area contributed by atoms with Crippen molar-refractivity contribution in [2.24, 2.45) is 23.7 Å². The van der Waals surface area contributed by atoms with Crippen LogP contribution in [-0.4, -0.2) is 204 Å². The molecule has 7 N–H and O–H groups in total. The van der Waals surface area contributed by atoms with Crippen LogP contribution in [0.15, 0.2) is 132 Å². The fourth-order valence-electron chi connectivity index (χ4n) is 15.6. The zero-order chi connectivity index (χ0) is 92.5. The maximum Gasteiger partial charge on any atom is 0.393 e. The molecule has 8 aromatic rings. The number of nitrogens with one attached hydrogen (secondary N) is 3. The van der Waals surface area contributed by atoms with E-state index < -0.39 is 88.8 Å². The molecule has 2 aromatic carbocycles. The highest BCUT2D eigenvalue weighted by Crippen LogP contribution is 2.46. The number of morpholine rings is 1. The Kier molecular flexibility index (Phi) is 30.9. The van der Waals surface area contributed by atoms with Crippen LogP contribution < -0.4 is 54.5 Å². The van der Waals surface area contributed by atoms with Crippen LogP contribution >= 0.6 is 0 Å². The first kappa shape index (κ1) is 97.1. The number of nitrogen functional groups attached to an aromatic ring is 2. The van der Waals surface area contributed by atoms with Crippen molar-refractivity contribution in [1.82, 2.24) is 48.4 Å². The third kappa shape index (κ3) is 25.1. The van der Waals surface area contributed by atoms with Crippen LogP contribution in [0.4, 0.5) is 51.0 Å². The first-order chi connectivity index (χ1) is 59.6. The number of fused-ring (bicyclic) bond motifs is 2. The molecule has 0 spiro atoms. The van der Waals surface area contributed by atoms with Gasteiger partial charge in [0.1, 0.15) is 58.8 Å². The van der Waals surface area contributed by atoms with Gasteiger partial charge in [-0.25, -0.2) is 52.9 Å². The summed E-state index contributed by atoms with van der Waals surface area (Å²) < 4.78 is 195. The van der Waals surface area contributed by atoms with Crippen molar-refractivity contribution in [2.45, 2.75) is 180 Å². The number of rotatable bonds is 32. The highest BCUT2D eigenvalue weighted by Gasteiger charge is 2.52. The summed E-state index contributed by atoms with van der Waals surface area (Å²) in [6.07, 6.45) is 0.221. The van der Waals surface area contributed by atoms with Crippen molar-refractivity contribution >= 4 is 77.1 Å². The van der Waals surface area contributed by atoms with Gasteiger partial charge in [0.25, 0.3) is 37.8 Å². The monoisotopic (exact) mass is 1830 g/mol. The first-order valence-corrected chi connectivity index (χ1v) is 46.3. The molecule has 13 rings (SSSR count). The predicted octanol–water partition coefficient (Wildman–Crippen LogP) is 12.9. The van der Waals surface area contributed by atoms with Crippen molar-refractivity contribution in [2.75, 3.05) is 112 Å². The number of sulfonamides is 2. The second-order valence-electron chi connectivity index (χ2n) is 35.0. The van der Waals surface area contributed by atoms with Crippen LogP contribution in [0.25, 0.3) is 33.8 Å². The third-order valence-corrected chi connectivity index (χ3v) is 25.6. The number of ether oxygens (including phenoxy) is 7. The lowest BCUT2D eigenvalue weighted by Crippen LogP contribution is -2.49. The average molecular weight is 1830 g/mol. The number of nitrogens with zero attached hydrogens (tertiary/aromatic N) is 10. The van der Waals surface area contributed by atoms with Gasteiger partial charge in [-0.05, 0) is 203 Å². The molecular weight excluding hydrogens is 1710 g/mol.